The number of halogens is 2. The summed E-state index contributed by atoms with van der Waals surface area (Å²) < 4.78 is 3.14. The van der Waals surface area contributed by atoms with Crippen molar-refractivity contribution in [1.29, 1.82) is 0 Å². The van der Waals surface area contributed by atoms with E-state index < -0.39 is 0 Å². The molecule has 19 heavy (non-hydrogen) atoms. The summed E-state index contributed by atoms with van der Waals surface area (Å²) in [6.07, 6.45) is 3.27. The Morgan fingerprint density at radius 2 is 2.26 bits per heavy atom. The third-order valence-electron chi connectivity index (χ3n) is 2.23. The largest absolute Gasteiger partial charge is 0.293 e. The Labute approximate surface area is 127 Å². The number of hydrogen-bond acceptors (Lipinski definition) is 3. The van der Waals surface area contributed by atoms with Gasteiger partial charge in [-0.05, 0) is 33.6 Å². The van der Waals surface area contributed by atoms with E-state index in [1.807, 2.05) is 24.3 Å². The maximum atomic E-state index is 11.8. The summed E-state index contributed by atoms with van der Waals surface area (Å²) in [6, 6.07) is 7.59. The molecule has 1 N–H and O–H groups in total. The fourth-order valence-corrected chi connectivity index (χ4v) is 2.39. The number of aromatic nitrogens is 2. The molecule has 0 unspecified atom stereocenters. The first-order valence-corrected chi connectivity index (χ1v) is 6.93. The number of nitrogens with zero attached hydrogens (tertiary/aromatic N) is 3. The number of nitrogens with one attached hydrogen (secondary N) is 1. The molecule has 0 aliphatic carbocycles. The molecule has 0 aliphatic heterocycles. The minimum atomic E-state index is -0.362. The van der Waals surface area contributed by atoms with Crippen LogP contribution in [0.3, 0.4) is 0 Å². The molecule has 0 radical (unpaired) electrons. The quantitative estimate of drug-likeness (QED) is 0.652. The Morgan fingerprint density at radius 1 is 1.47 bits per heavy atom. The zero-order valence-electron chi connectivity index (χ0n) is 9.97. The zero-order chi connectivity index (χ0) is 13.8. The highest BCUT2D eigenvalue weighted by molar-refractivity contribution is 9.10. The lowest BCUT2D eigenvalue weighted by atomic mass is 10.2. The summed E-state index contributed by atoms with van der Waals surface area (Å²) in [6.45, 7) is 0. The van der Waals surface area contributed by atoms with Gasteiger partial charge in [-0.25, -0.2) is 5.43 Å². The first kappa shape index (κ1) is 14.0. The minimum absolute atomic E-state index is 0.300. The van der Waals surface area contributed by atoms with Crippen LogP contribution in [0.1, 0.15) is 16.1 Å². The molecule has 0 saturated heterocycles. The van der Waals surface area contributed by atoms with Gasteiger partial charge in [0.1, 0.15) is 0 Å². The Morgan fingerprint density at radius 3 is 2.89 bits per heavy atom. The van der Waals surface area contributed by atoms with E-state index in [-0.39, 0.29) is 5.91 Å². The lowest BCUT2D eigenvalue weighted by Gasteiger charge is -1.97. The van der Waals surface area contributed by atoms with Crippen molar-refractivity contribution >= 4 is 44.0 Å². The highest BCUT2D eigenvalue weighted by atomic mass is 79.9. The maximum absolute atomic E-state index is 11.8. The van der Waals surface area contributed by atoms with Gasteiger partial charge in [0, 0.05) is 17.7 Å². The van der Waals surface area contributed by atoms with E-state index in [1.165, 1.54) is 0 Å². The molecule has 5 nitrogen and oxygen atoms in total. The smallest absolute Gasteiger partial charge is 0.274 e. The topological polar surface area (TPSA) is 59.3 Å². The molecule has 0 bridgehead atoms. The summed E-state index contributed by atoms with van der Waals surface area (Å²) >= 11 is 6.63. The van der Waals surface area contributed by atoms with Gasteiger partial charge in [0.15, 0.2) is 5.69 Å². The van der Waals surface area contributed by atoms with E-state index >= 15 is 0 Å². The molecular weight excluding hydrogens is 376 g/mol. The van der Waals surface area contributed by atoms with Crippen molar-refractivity contribution < 1.29 is 4.79 Å². The number of carbonyl (C=O) groups excluding carboxylic acids is 1. The van der Waals surface area contributed by atoms with Crippen molar-refractivity contribution in [1.82, 2.24) is 15.2 Å². The van der Waals surface area contributed by atoms with Crippen LogP contribution in [0, 0.1) is 0 Å². The van der Waals surface area contributed by atoms with Crippen molar-refractivity contribution in [3.63, 3.8) is 0 Å². The van der Waals surface area contributed by atoms with Gasteiger partial charge in [0.05, 0.1) is 10.7 Å². The van der Waals surface area contributed by atoms with Gasteiger partial charge in [-0.2, -0.15) is 10.2 Å². The monoisotopic (exact) mass is 384 g/mol. The molecule has 0 fully saturated rings. The Kier molecular flexibility index (Phi) is 4.49. The standard InChI is InChI=1S/C12H10Br2N4O/c1-18-7-10(14)11(17-18)12(19)16-15-6-8-3-2-4-9(13)5-8/h2-7H,1H3,(H,16,19)/b15-6+. The fraction of sp³-hybridized carbons (Fsp3) is 0.0833. The number of aryl methyl sites for hydroxylation is 1. The third-order valence-corrected chi connectivity index (χ3v) is 3.30. The number of benzene rings is 1. The summed E-state index contributed by atoms with van der Waals surface area (Å²) in [7, 11) is 1.74. The normalized spacial score (nSPS) is 10.9. The summed E-state index contributed by atoms with van der Waals surface area (Å²) in [4.78, 5) is 11.8. The van der Waals surface area contributed by atoms with E-state index in [0.29, 0.717) is 10.2 Å². The highest BCUT2D eigenvalue weighted by Crippen LogP contribution is 2.13. The SMILES string of the molecule is Cn1cc(Br)c(C(=O)N/N=C/c2cccc(Br)c2)n1. The van der Waals surface area contributed by atoms with Crippen molar-refractivity contribution in [2.24, 2.45) is 12.1 Å². The predicted octanol–water partition coefficient (Wildman–Crippen LogP) is 2.71. The molecule has 98 valence electrons. The van der Waals surface area contributed by atoms with Gasteiger partial charge in [-0.15, -0.1) is 0 Å². The molecule has 7 heteroatoms. The molecule has 1 aromatic heterocycles. The summed E-state index contributed by atoms with van der Waals surface area (Å²) in [5.74, 6) is -0.362. The lowest BCUT2D eigenvalue weighted by molar-refractivity contribution is 0.0948. The predicted molar refractivity (Wildman–Crippen MR) is 80.1 cm³/mol. The number of carbonyl (C=O) groups is 1. The average Bonchev–Trinajstić information content (AvgIpc) is 2.68. The molecule has 2 aromatic rings. The summed E-state index contributed by atoms with van der Waals surface area (Å²) in [5, 5.41) is 7.92. The molecule has 0 atom stereocenters. The van der Waals surface area contributed by atoms with Crippen LogP contribution in [0.4, 0.5) is 0 Å². The first-order valence-electron chi connectivity index (χ1n) is 5.34. The van der Waals surface area contributed by atoms with Crippen molar-refractivity contribution in [2.45, 2.75) is 0 Å². The number of amides is 1. The van der Waals surface area contributed by atoms with E-state index in [2.05, 4.69) is 47.5 Å². The highest BCUT2D eigenvalue weighted by Gasteiger charge is 2.13. The Bertz CT molecular complexity index is 636. The van der Waals surface area contributed by atoms with Crippen LogP contribution in [-0.4, -0.2) is 21.9 Å². The minimum Gasteiger partial charge on any atom is -0.274 e. The van der Waals surface area contributed by atoms with Gasteiger partial charge < -0.3 is 0 Å². The van der Waals surface area contributed by atoms with Crippen molar-refractivity contribution in [3.05, 3.63) is 50.7 Å². The first-order chi connectivity index (χ1) is 9.06. The van der Waals surface area contributed by atoms with Gasteiger partial charge >= 0.3 is 0 Å². The Hall–Kier alpha value is -1.47. The molecule has 0 saturated carbocycles. The number of hydrazone groups is 1. The molecule has 1 heterocycles. The lowest BCUT2D eigenvalue weighted by Crippen LogP contribution is -2.18. The maximum Gasteiger partial charge on any atom is 0.293 e. The van der Waals surface area contributed by atoms with E-state index in [9.17, 15) is 4.79 Å². The second kappa shape index (κ2) is 6.12. The molecule has 1 amide bonds. The molecule has 1 aromatic carbocycles. The molecule has 2 rings (SSSR count). The van der Waals surface area contributed by atoms with Crippen LogP contribution in [0.15, 0.2) is 44.5 Å². The van der Waals surface area contributed by atoms with E-state index in [1.54, 1.807) is 24.1 Å². The average molecular weight is 386 g/mol. The van der Waals surface area contributed by atoms with Gasteiger partial charge in [0.25, 0.3) is 5.91 Å². The van der Waals surface area contributed by atoms with Gasteiger partial charge in [-0.3, -0.25) is 9.48 Å². The van der Waals surface area contributed by atoms with Crippen molar-refractivity contribution in [2.75, 3.05) is 0 Å². The van der Waals surface area contributed by atoms with Crippen LogP contribution in [0.2, 0.25) is 0 Å². The molecule has 0 aliphatic rings. The van der Waals surface area contributed by atoms with Crippen LogP contribution in [0.5, 0.6) is 0 Å². The van der Waals surface area contributed by atoms with Crippen LogP contribution < -0.4 is 5.43 Å². The number of hydrogen-bond donors (Lipinski definition) is 1. The van der Waals surface area contributed by atoms with Gasteiger partial charge in [-0.1, -0.05) is 28.1 Å². The Balaban J connectivity index is 2.03. The summed E-state index contributed by atoms with van der Waals surface area (Å²) in [5.41, 5.74) is 3.61. The van der Waals surface area contributed by atoms with Gasteiger partial charge in [0.2, 0.25) is 0 Å². The fourth-order valence-electron chi connectivity index (χ4n) is 1.42. The zero-order valence-corrected chi connectivity index (χ0v) is 13.1. The second-order valence-electron chi connectivity index (χ2n) is 3.75. The van der Waals surface area contributed by atoms with Crippen LogP contribution >= 0.6 is 31.9 Å². The van der Waals surface area contributed by atoms with E-state index in [4.69, 9.17) is 0 Å². The van der Waals surface area contributed by atoms with Crippen LogP contribution in [-0.2, 0) is 7.05 Å². The third kappa shape index (κ3) is 3.74. The number of rotatable bonds is 3. The van der Waals surface area contributed by atoms with Crippen molar-refractivity contribution in [3.8, 4) is 0 Å². The molecular formula is C12H10Br2N4O. The van der Waals surface area contributed by atoms with Crippen LogP contribution in [0.25, 0.3) is 0 Å². The molecule has 0 spiro atoms. The second-order valence-corrected chi connectivity index (χ2v) is 5.52. The van der Waals surface area contributed by atoms with E-state index in [0.717, 1.165) is 10.0 Å².